The highest BCUT2D eigenvalue weighted by atomic mass is 16.5. The second-order valence-electron chi connectivity index (χ2n) is 7.84. The molecule has 1 aromatic carbocycles. The van der Waals surface area contributed by atoms with Crippen molar-refractivity contribution in [2.45, 2.75) is 59.6 Å². The maximum absolute atomic E-state index is 5.79. The van der Waals surface area contributed by atoms with Gasteiger partial charge in [0.25, 0.3) is 0 Å². The van der Waals surface area contributed by atoms with Crippen LogP contribution in [0.5, 0.6) is 0 Å². The van der Waals surface area contributed by atoms with Gasteiger partial charge in [-0.05, 0) is 64.7 Å². The molecule has 1 aliphatic heterocycles. The molecular formula is C21H27N3O. The van der Waals surface area contributed by atoms with Gasteiger partial charge in [-0.15, -0.1) is 5.10 Å². The van der Waals surface area contributed by atoms with E-state index in [4.69, 9.17) is 4.74 Å². The van der Waals surface area contributed by atoms with E-state index in [1.165, 1.54) is 18.4 Å². The summed E-state index contributed by atoms with van der Waals surface area (Å²) in [6.07, 6.45) is 5.79. The van der Waals surface area contributed by atoms with E-state index < -0.39 is 0 Å². The molecule has 0 radical (unpaired) electrons. The van der Waals surface area contributed by atoms with Crippen LogP contribution in [-0.2, 0) is 11.3 Å². The molecule has 1 fully saturated rings. The first-order chi connectivity index (χ1) is 11.9. The van der Waals surface area contributed by atoms with Crippen LogP contribution >= 0.6 is 0 Å². The average Bonchev–Trinajstić information content (AvgIpc) is 3.01. The monoisotopic (exact) mass is 337 g/mol. The number of nitrogens with zero attached hydrogens (tertiary/aromatic N) is 3. The van der Waals surface area contributed by atoms with E-state index in [0.717, 1.165) is 36.4 Å². The smallest absolute Gasteiger partial charge is 0.113 e. The summed E-state index contributed by atoms with van der Waals surface area (Å²) in [6.45, 7) is 10.1. The summed E-state index contributed by atoms with van der Waals surface area (Å²) in [5.41, 5.74) is 4.23. The van der Waals surface area contributed by atoms with Gasteiger partial charge in [0.2, 0.25) is 0 Å². The number of hydrogen-bond acceptors (Lipinski definition) is 3. The van der Waals surface area contributed by atoms with Crippen LogP contribution < -0.4 is 0 Å². The summed E-state index contributed by atoms with van der Waals surface area (Å²) < 4.78 is 7.69. The van der Waals surface area contributed by atoms with E-state index >= 15 is 0 Å². The molecule has 3 rings (SSSR count). The molecule has 0 amide bonds. The SMILES string of the molecule is Cc1cc(C#CC(C)(C)C)ccc1-c1cn(C[C@H]2CCCCO2)nn1. The molecule has 0 spiro atoms. The van der Waals surface area contributed by atoms with Crippen LogP contribution in [0.2, 0.25) is 0 Å². The summed E-state index contributed by atoms with van der Waals surface area (Å²) >= 11 is 0. The van der Waals surface area contributed by atoms with E-state index in [2.05, 4.69) is 68.0 Å². The molecule has 4 nitrogen and oxygen atoms in total. The lowest BCUT2D eigenvalue weighted by atomic mass is 9.96. The van der Waals surface area contributed by atoms with Crippen molar-refractivity contribution in [3.8, 4) is 23.1 Å². The molecule has 0 unspecified atom stereocenters. The summed E-state index contributed by atoms with van der Waals surface area (Å²) in [5.74, 6) is 6.53. The number of rotatable bonds is 3. The van der Waals surface area contributed by atoms with Gasteiger partial charge in [-0.25, -0.2) is 4.68 Å². The lowest BCUT2D eigenvalue weighted by Crippen LogP contribution is -2.24. The fraction of sp³-hybridized carbons (Fsp3) is 0.524. The standard InChI is InChI=1S/C21H27N3O/c1-16-13-17(10-11-21(2,3)4)8-9-19(16)20-15-24(23-22-20)14-18-7-5-6-12-25-18/h8-9,13,15,18H,5-7,12,14H2,1-4H3/t18-/m1/s1. The third-order valence-corrected chi connectivity index (χ3v) is 4.29. The van der Waals surface area contributed by atoms with Crippen LogP contribution in [0.4, 0.5) is 0 Å². The largest absolute Gasteiger partial charge is 0.376 e. The molecule has 0 N–H and O–H groups in total. The first-order valence-electron chi connectivity index (χ1n) is 9.07. The van der Waals surface area contributed by atoms with Gasteiger partial charge in [0.05, 0.1) is 18.8 Å². The second-order valence-corrected chi connectivity index (χ2v) is 7.84. The summed E-state index contributed by atoms with van der Waals surface area (Å²) in [7, 11) is 0. The Morgan fingerprint density at radius 3 is 2.80 bits per heavy atom. The molecule has 0 aliphatic carbocycles. The number of ether oxygens (including phenoxy) is 1. The predicted octanol–water partition coefficient (Wildman–Crippen LogP) is 4.22. The fourth-order valence-electron chi connectivity index (χ4n) is 2.96. The summed E-state index contributed by atoms with van der Waals surface area (Å²) in [5, 5.41) is 8.63. The van der Waals surface area contributed by atoms with Gasteiger partial charge in [-0.1, -0.05) is 23.1 Å². The Bertz CT molecular complexity index is 783. The Kier molecular flexibility index (Phi) is 5.24. The van der Waals surface area contributed by atoms with E-state index in [-0.39, 0.29) is 11.5 Å². The van der Waals surface area contributed by atoms with Gasteiger partial charge in [0.1, 0.15) is 5.69 Å². The molecule has 4 heteroatoms. The van der Waals surface area contributed by atoms with Crippen LogP contribution in [-0.4, -0.2) is 27.7 Å². The summed E-state index contributed by atoms with van der Waals surface area (Å²) in [6, 6.07) is 6.27. The third-order valence-electron chi connectivity index (χ3n) is 4.29. The summed E-state index contributed by atoms with van der Waals surface area (Å²) in [4.78, 5) is 0. The molecule has 25 heavy (non-hydrogen) atoms. The molecule has 1 aliphatic rings. The van der Waals surface area contributed by atoms with Crippen LogP contribution in [0.25, 0.3) is 11.3 Å². The van der Waals surface area contributed by atoms with E-state index in [0.29, 0.717) is 0 Å². The zero-order chi connectivity index (χ0) is 17.9. The first-order valence-corrected chi connectivity index (χ1v) is 9.07. The molecular weight excluding hydrogens is 310 g/mol. The zero-order valence-corrected chi connectivity index (χ0v) is 15.7. The van der Waals surface area contributed by atoms with Crippen molar-refractivity contribution in [1.29, 1.82) is 0 Å². The number of hydrogen-bond donors (Lipinski definition) is 0. The number of benzene rings is 1. The molecule has 0 saturated carbocycles. The van der Waals surface area contributed by atoms with Crippen molar-refractivity contribution < 1.29 is 4.74 Å². The average molecular weight is 337 g/mol. The Hall–Kier alpha value is -2.12. The van der Waals surface area contributed by atoms with Crippen LogP contribution in [0.15, 0.2) is 24.4 Å². The minimum atomic E-state index is 0.0104. The minimum Gasteiger partial charge on any atom is -0.376 e. The fourth-order valence-corrected chi connectivity index (χ4v) is 2.96. The van der Waals surface area contributed by atoms with Crippen molar-refractivity contribution in [2.24, 2.45) is 5.41 Å². The maximum Gasteiger partial charge on any atom is 0.113 e. The topological polar surface area (TPSA) is 39.9 Å². The van der Waals surface area contributed by atoms with Gasteiger partial charge in [0.15, 0.2) is 0 Å². The van der Waals surface area contributed by atoms with Crippen molar-refractivity contribution in [1.82, 2.24) is 15.0 Å². The van der Waals surface area contributed by atoms with Crippen LogP contribution in [0.1, 0.15) is 51.2 Å². The minimum absolute atomic E-state index is 0.0104. The highest BCUT2D eigenvalue weighted by Crippen LogP contribution is 2.23. The second kappa shape index (κ2) is 7.41. The lowest BCUT2D eigenvalue weighted by molar-refractivity contribution is 0.00370. The van der Waals surface area contributed by atoms with Gasteiger partial charge in [0, 0.05) is 23.1 Å². The zero-order valence-electron chi connectivity index (χ0n) is 15.7. The molecule has 1 saturated heterocycles. The quantitative estimate of drug-likeness (QED) is 0.787. The molecule has 2 aromatic rings. The van der Waals surface area contributed by atoms with Crippen molar-refractivity contribution in [3.63, 3.8) is 0 Å². The van der Waals surface area contributed by atoms with Crippen molar-refractivity contribution >= 4 is 0 Å². The predicted molar refractivity (Wildman–Crippen MR) is 100 cm³/mol. The molecule has 1 atom stereocenters. The molecule has 2 heterocycles. The Morgan fingerprint density at radius 2 is 2.12 bits per heavy atom. The first kappa shape index (κ1) is 17.7. The van der Waals surface area contributed by atoms with E-state index in [1.807, 2.05) is 10.9 Å². The van der Waals surface area contributed by atoms with Gasteiger partial charge >= 0.3 is 0 Å². The van der Waals surface area contributed by atoms with Crippen LogP contribution in [0, 0.1) is 24.2 Å². The molecule has 1 aromatic heterocycles. The number of aryl methyl sites for hydroxylation is 1. The van der Waals surface area contributed by atoms with Gasteiger partial charge in [-0.3, -0.25) is 0 Å². The normalized spacial score (nSPS) is 17.8. The van der Waals surface area contributed by atoms with Crippen molar-refractivity contribution in [2.75, 3.05) is 6.61 Å². The van der Waals surface area contributed by atoms with Gasteiger partial charge in [-0.2, -0.15) is 0 Å². The van der Waals surface area contributed by atoms with Crippen LogP contribution in [0.3, 0.4) is 0 Å². The van der Waals surface area contributed by atoms with Gasteiger partial charge < -0.3 is 4.74 Å². The van der Waals surface area contributed by atoms with E-state index in [1.54, 1.807) is 0 Å². The Labute approximate surface area is 150 Å². The Morgan fingerprint density at radius 1 is 1.28 bits per heavy atom. The highest BCUT2D eigenvalue weighted by molar-refractivity contribution is 5.64. The highest BCUT2D eigenvalue weighted by Gasteiger charge is 2.16. The maximum atomic E-state index is 5.79. The Balaban J connectivity index is 1.74. The van der Waals surface area contributed by atoms with Crippen molar-refractivity contribution in [3.05, 3.63) is 35.5 Å². The van der Waals surface area contributed by atoms with E-state index in [9.17, 15) is 0 Å². The molecule has 0 bridgehead atoms. The lowest BCUT2D eigenvalue weighted by Gasteiger charge is -2.21. The third kappa shape index (κ3) is 4.93. The molecule has 132 valence electrons. The number of aromatic nitrogens is 3.